The summed E-state index contributed by atoms with van der Waals surface area (Å²) in [5.74, 6) is -4.49. The van der Waals surface area contributed by atoms with Crippen molar-refractivity contribution in [2.45, 2.75) is 49.9 Å². The molecule has 0 aromatic heterocycles. The summed E-state index contributed by atoms with van der Waals surface area (Å²) in [5, 5.41) is 55.1. The molecule has 0 amide bonds. The number of aliphatic carboxylic acids is 4. The van der Waals surface area contributed by atoms with Crippen LogP contribution in [0.4, 0.5) is 22.7 Å². The fraction of sp³-hybridized carbons (Fsp3) is 0.182. The molecule has 0 bridgehead atoms. The molecule has 0 spiro atoms. The Balaban J connectivity index is 0.000000167. The van der Waals surface area contributed by atoms with Crippen LogP contribution in [-0.4, -0.2) is 46.0 Å². The number of hydrogen-bond donors (Lipinski definition) is 4. The number of carboxylic acid groups (broad SMARTS) is 4. The van der Waals surface area contributed by atoms with Gasteiger partial charge < -0.3 is 60.9 Å². The van der Waals surface area contributed by atoms with Crippen molar-refractivity contribution in [2.75, 3.05) is 21.3 Å². The average Bonchev–Trinajstić information content (AvgIpc) is 3.18. The van der Waals surface area contributed by atoms with Crippen LogP contribution in [0.3, 0.4) is 0 Å². The van der Waals surface area contributed by atoms with Gasteiger partial charge in [0.25, 0.3) is 0 Å². The number of para-hydroxylation sites is 4. The molecular weight excluding hydrogens is 804 g/mol. The minimum absolute atomic E-state index is 0. The van der Waals surface area contributed by atoms with Gasteiger partial charge in [-0.3, -0.25) is 0 Å². The summed E-state index contributed by atoms with van der Waals surface area (Å²) < 4.78 is 0. The summed E-state index contributed by atoms with van der Waals surface area (Å²) >= 11 is 0. The van der Waals surface area contributed by atoms with E-state index < -0.39 is 46.0 Å². The average molecular weight is 844 g/mol. The Morgan fingerprint density at radius 3 is 0.719 bits per heavy atom. The van der Waals surface area contributed by atoms with Gasteiger partial charge in [0.05, 0.1) is 46.0 Å². The van der Waals surface area contributed by atoms with Gasteiger partial charge in [-0.15, -0.1) is 0 Å². The van der Waals surface area contributed by atoms with E-state index in [1.807, 2.05) is 97.1 Å². The van der Waals surface area contributed by atoms with Crippen molar-refractivity contribution in [3.05, 3.63) is 144 Å². The molecule has 4 aliphatic heterocycles. The first kappa shape index (κ1) is 43.5. The number of rotatable bonds is 4. The van der Waals surface area contributed by atoms with Crippen molar-refractivity contribution in [3.8, 4) is 0 Å². The topological polar surface area (TPSA) is 209 Å². The van der Waals surface area contributed by atoms with Crippen LogP contribution in [0, 0.1) is 0 Å². The first-order valence-corrected chi connectivity index (χ1v) is 17.6. The van der Waals surface area contributed by atoms with E-state index in [0.717, 1.165) is 45.0 Å². The van der Waals surface area contributed by atoms with Crippen LogP contribution in [0.25, 0.3) is 24.3 Å². The third-order valence-corrected chi connectivity index (χ3v) is 9.50. The molecule has 4 unspecified atom stereocenters. The van der Waals surface area contributed by atoms with Gasteiger partial charge in [0.2, 0.25) is 0 Å². The summed E-state index contributed by atoms with van der Waals surface area (Å²) in [7, 11) is 0. The van der Waals surface area contributed by atoms with E-state index in [2.05, 4.69) is 21.3 Å². The van der Waals surface area contributed by atoms with Crippen LogP contribution in [0.1, 0.15) is 49.9 Å². The van der Waals surface area contributed by atoms with E-state index in [4.69, 9.17) is 0 Å². The van der Waals surface area contributed by atoms with E-state index in [-0.39, 0.29) is 26.2 Å². The van der Waals surface area contributed by atoms with Crippen molar-refractivity contribution >= 4 is 70.9 Å². The Morgan fingerprint density at radius 2 is 0.544 bits per heavy atom. The minimum atomic E-state index is -1.12. The smallest absolute Gasteiger partial charge is 0.547 e. The molecule has 0 saturated heterocycles. The van der Waals surface area contributed by atoms with E-state index in [0.29, 0.717) is 0 Å². The van der Waals surface area contributed by atoms with E-state index in [9.17, 15) is 39.6 Å². The van der Waals surface area contributed by atoms with Crippen LogP contribution in [0.2, 0.25) is 0 Å². The van der Waals surface area contributed by atoms with Crippen molar-refractivity contribution < 1.29 is 65.8 Å². The molecule has 4 aliphatic rings. The second-order valence-electron chi connectivity index (χ2n) is 14.1. The fourth-order valence-corrected chi connectivity index (χ4v) is 5.81. The van der Waals surface area contributed by atoms with Gasteiger partial charge in [0, 0.05) is 22.7 Å². The quantitative estimate of drug-likeness (QED) is 0.234. The molecule has 4 aromatic rings. The van der Waals surface area contributed by atoms with E-state index >= 15 is 0 Å². The van der Waals surface area contributed by atoms with Gasteiger partial charge in [0.15, 0.2) is 0 Å². The normalized spacial score (nSPS) is 23.4. The molecule has 4 atom stereocenters. The zero-order valence-corrected chi connectivity index (χ0v) is 34.1. The van der Waals surface area contributed by atoms with Crippen molar-refractivity contribution in [2.24, 2.45) is 0 Å². The number of nitrogens with one attached hydrogen (secondary N) is 4. The Labute approximate surface area is 349 Å². The molecule has 288 valence electrons. The van der Waals surface area contributed by atoms with Crippen molar-refractivity contribution in [1.82, 2.24) is 0 Å². The maximum atomic E-state index is 10.9. The second-order valence-corrected chi connectivity index (χ2v) is 14.1. The Morgan fingerprint density at radius 1 is 0.368 bits per heavy atom. The van der Waals surface area contributed by atoms with Gasteiger partial charge in [-0.1, -0.05) is 121 Å². The van der Waals surface area contributed by atoms with E-state index in [1.54, 1.807) is 76.3 Å². The first-order valence-electron chi connectivity index (χ1n) is 17.6. The maximum Gasteiger partial charge on any atom is 4.00 e. The fourth-order valence-electron chi connectivity index (χ4n) is 5.81. The first-order chi connectivity index (χ1) is 26.5. The largest absolute Gasteiger partial charge is 4.00 e. The summed E-state index contributed by atoms with van der Waals surface area (Å²) in [4.78, 5) is 43.4. The molecule has 4 aromatic carbocycles. The van der Waals surface area contributed by atoms with Gasteiger partial charge >= 0.3 is 26.2 Å². The van der Waals surface area contributed by atoms with Gasteiger partial charge in [-0.2, -0.15) is 0 Å². The van der Waals surface area contributed by atoms with Crippen molar-refractivity contribution in [1.29, 1.82) is 0 Å². The van der Waals surface area contributed by atoms with Gasteiger partial charge in [-0.25, -0.2) is 0 Å². The molecule has 0 saturated carbocycles. The number of hydrogen-bond acceptors (Lipinski definition) is 12. The monoisotopic (exact) mass is 842 g/mol. The molecule has 0 aliphatic carbocycles. The standard InChI is InChI=1S/4C11H11NO2.Zr/c4*1-11(10(13)14)7-6-8-4-2-3-5-9(8)12-11;/h4*2-7,12H,1H3,(H,13,14);/q;;;;+4/p-4. The summed E-state index contributed by atoms with van der Waals surface area (Å²) in [6.07, 6.45) is 13.6. The SMILES string of the molecule is CC1(C(=O)[O-])C=Cc2ccccc2N1.CC1(C(=O)[O-])C=Cc2ccccc2N1.CC1(C(=O)[O-])C=Cc2ccccc2N1.CC1(C(=O)[O-])C=Cc2ccccc2N1.[Zr+4]. The summed E-state index contributed by atoms with van der Waals surface area (Å²) in [6, 6.07) is 30.2. The molecule has 8 rings (SSSR count). The van der Waals surface area contributed by atoms with Crippen LogP contribution in [-0.2, 0) is 45.4 Å². The summed E-state index contributed by atoms with van der Waals surface area (Å²) in [5.41, 5.74) is 2.84. The predicted molar refractivity (Wildman–Crippen MR) is 210 cm³/mol. The minimum Gasteiger partial charge on any atom is -0.547 e. The van der Waals surface area contributed by atoms with Gasteiger partial charge in [-0.05, 0) is 74.2 Å². The Hall–Kier alpha value is -6.20. The van der Waals surface area contributed by atoms with Crippen LogP contribution in [0.5, 0.6) is 0 Å². The number of carbonyl (C=O) groups excluding carboxylic acids is 4. The molecule has 4 heterocycles. The number of fused-ring (bicyclic) bond motifs is 4. The zero-order chi connectivity index (χ0) is 40.7. The third-order valence-electron chi connectivity index (χ3n) is 9.50. The van der Waals surface area contributed by atoms with E-state index in [1.165, 1.54) is 0 Å². The maximum absolute atomic E-state index is 10.9. The van der Waals surface area contributed by atoms with Gasteiger partial charge in [0.1, 0.15) is 0 Å². The number of benzene rings is 4. The molecule has 4 N–H and O–H groups in total. The van der Waals surface area contributed by atoms with Crippen LogP contribution >= 0.6 is 0 Å². The molecule has 12 nitrogen and oxygen atoms in total. The predicted octanol–water partition coefficient (Wildman–Crippen LogP) is 2.53. The number of carbonyl (C=O) groups is 4. The van der Waals surface area contributed by atoms with Crippen LogP contribution in [0.15, 0.2) is 121 Å². The molecule has 0 radical (unpaired) electrons. The van der Waals surface area contributed by atoms with Crippen molar-refractivity contribution in [3.63, 3.8) is 0 Å². The number of carboxylic acids is 4. The molecule has 0 fully saturated rings. The number of anilines is 4. The van der Waals surface area contributed by atoms with Crippen LogP contribution < -0.4 is 41.7 Å². The third kappa shape index (κ3) is 10.2. The molecular formula is C44H40N4O8Zr. The molecule has 57 heavy (non-hydrogen) atoms. The molecule has 13 heteroatoms. The Kier molecular flexibility index (Phi) is 13.5. The second kappa shape index (κ2) is 17.7. The zero-order valence-electron chi connectivity index (χ0n) is 31.6. The Bertz CT molecular complexity index is 1970. The summed E-state index contributed by atoms with van der Waals surface area (Å²) in [6.45, 7) is 6.31.